The second kappa shape index (κ2) is 5.99. The Labute approximate surface area is 158 Å². The first kappa shape index (κ1) is 18.4. The fourth-order valence-corrected chi connectivity index (χ4v) is 7.81. The lowest BCUT2D eigenvalue weighted by Crippen LogP contribution is -2.56. The van der Waals surface area contributed by atoms with Crippen LogP contribution in [0.15, 0.2) is 0 Å². The number of rotatable bonds is 1. The van der Waals surface area contributed by atoms with Crippen LogP contribution in [0.25, 0.3) is 0 Å². The Morgan fingerprint density at radius 1 is 1.08 bits per heavy atom. The zero-order valence-corrected chi connectivity index (χ0v) is 16.6. The largest absolute Gasteiger partial charge is 0.463 e. The molecule has 3 heteroatoms. The van der Waals surface area contributed by atoms with E-state index in [0.29, 0.717) is 23.2 Å². The topological polar surface area (TPSA) is 46.5 Å². The highest BCUT2D eigenvalue weighted by atomic mass is 16.5. The number of terminal acetylenes is 1. The van der Waals surface area contributed by atoms with Gasteiger partial charge in [-0.05, 0) is 86.9 Å². The summed E-state index contributed by atoms with van der Waals surface area (Å²) in [7, 11) is 0. The maximum absolute atomic E-state index is 11.4. The molecule has 0 bridgehead atoms. The SMILES string of the molecule is C#C[C@]1(O)CC[C@@H]2[C@H]3CC[C@H]4C[C@H](OC(C)=O)CC[C@]4(C)[C@@H]3CC[C@@]21C. The standard InChI is InChI=1S/C23H34O3/c1-5-23(25)13-10-20-18-7-6-16-14-17(26-15(2)24)8-11-21(16,3)19(18)9-12-22(20,23)4/h1,16-20,25H,6-14H2,2-4H3/t16-,17+,18-,19+,20+,21-,22-,23-/m0/s1. The predicted molar refractivity (Wildman–Crippen MR) is 101 cm³/mol. The number of hydrogen-bond acceptors (Lipinski definition) is 3. The quantitative estimate of drug-likeness (QED) is 0.561. The minimum atomic E-state index is -0.909. The number of esters is 1. The van der Waals surface area contributed by atoms with Crippen molar-refractivity contribution in [3.8, 4) is 12.3 Å². The Morgan fingerprint density at radius 3 is 2.50 bits per heavy atom. The molecular weight excluding hydrogens is 324 g/mol. The van der Waals surface area contributed by atoms with Crippen LogP contribution in [-0.2, 0) is 9.53 Å². The Bertz CT molecular complexity index is 636. The average Bonchev–Trinajstić information content (AvgIpc) is 2.87. The van der Waals surface area contributed by atoms with Crippen LogP contribution >= 0.6 is 0 Å². The van der Waals surface area contributed by atoms with E-state index in [1.54, 1.807) is 0 Å². The van der Waals surface area contributed by atoms with Crippen LogP contribution in [0.3, 0.4) is 0 Å². The minimum absolute atomic E-state index is 0.110. The van der Waals surface area contributed by atoms with Crippen molar-refractivity contribution in [1.29, 1.82) is 0 Å². The number of fused-ring (bicyclic) bond motifs is 5. The molecule has 0 saturated heterocycles. The van der Waals surface area contributed by atoms with E-state index in [9.17, 15) is 9.90 Å². The van der Waals surface area contributed by atoms with Crippen molar-refractivity contribution in [2.45, 2.75) is 90.3 Å². The van der Waals surface area contributed by atoms with Crippen molar-refractivity contribution in [1.82, 2.24) is 0 Å². The Balaban J connectivity index is 1.56. The Morgan fingerprint density at radius 2 is 1.81 bits per heavy atom. The molecule has 0 radical (unpaired) electrons. The van der Waals surface area contributed by atoms with E-state index in [4.69, 9.17) is 11.2 Å². The van der Waals surface area contributed by atoms with Crippen LogP contribution in [0.5, 0.6) is 0 Å². The lowest BCUT2D eigenvalue weighted by Gasteiger charge is -2.61. The molecule has 4 aliphatic carbocycles. The summed E-state index contributed by atoms with van der Waals surface area (Å²) in [4.78, 5) is 11.4. The summed E-state index contributed by atoms with van der Waals surface area (Å²) in [5.74, 6) is 5.29. The van der Waals surface area contributed by atoms with Gasteiger partial charge in [-0.2, -0.15) is 0 Å². The molecule has 8 atom stereocenters. The molecule has 0 spiro atoms. The summed E-state index contributed by atoms with van der Waals surface area (Å²) in [6.45, 7) is 6.29. The zero-order chi connectivity index (χ0) is 18.7. The monoisotopic (exact) mass is 358 g/mol. The van der Waals surface area contributed by atoms with E-state index in [0.717, 1.165) is 38.0 Å². The van der Waals surface area contributed by atoms with Crippen molar-refractivity contribution >= 4 is 5.97 Å². The van der Waals surface area contributed by atoms with Gasteiger partial charge in [0.15, 0.2) is 0 Å². The van der Waals surface area contributed by atoms with E-state index in [1.807, 2.05) is 0 Å². The molecule has 3 nitrogen and oxygen atoms in total. The third-order valence-corrected chi connectivity index (χ3v) is 9.34. The number of aliphatic hydroxyl groups is 1. The summed E-state index contributed by atoms with van der Waals surface area (Å²) in [6.07, 6.45) is 15.7. The smallest absolute Gasteiger partial charge is 0.302 e. The number of hydrogen-bond donors (Lipinski definition) is 1. The van der Waals surface area contributed by atoms with Crippen molar-refractivity contribution in [3.63, 3.8) is 0 Å². The van der Waals surface area contributed by atoms with Gasteiger partial charge >= 0.3 is 5.97 Å². The van der Waals surface area contributed by atoms with Crippen LogP contribution < -0.4 is 0 Å². The van der Waals surface area contributed by atoms with Gasteiger partial charge in [0.25, 0.3) is 0 Å². The first-order chi connectivity index (χ1) is 12.2. The molecule has 1 N–H and O–H groups in total. The van der Waals surface area contributed by atoms with Gasteiger partial charge in [-0.25, -0.2) is 0 Å². The summed E-state index contributed by atoms with van der Waals surface area (Å²) in [6, 6.07) is 0. The van der Waals surface area contributed by atoms with E-state index in [2.05, 4.69) is 19.8 Å². The third-order valence-electron chi connectivity index (χ3n) is 9.34. The van der Waals surface area contributed by atoms with Gasteiger partial charge in [-0.1, -0.05) is 19.8 Å². The molecule has 0 unspecified atom stereocenters. The van der Waals surface area contributed by atoms with Crippen molar-refractivity contribution < 1.29 is 14.6 Å². The molecule has 4 fully saturated rings. The summed E-state index contributed by atoms with van der Waals surface area (Å²) in [5.41, 5.74) is -0.661. The summed E-state index contributed by atoms with van der Waals surface area (Å²) < 4.78 is 5.55. The molecule has 0 amide bonds. The fourth-order valence-electron chi connectivity index (χ4n) is 7.81. The van der Waals surface area contributed by atoms with Crippen LogP contribution in [0.2, 0.25) is 0 Å². The van der Waals surface area contributed by atoms with Gasteiger partial charge < -0.3 is 9.84 Å². The van der Waals surface area contributed by atoms with Gasteiger partial charge in [-0.3, -0.25) is 4.79 Å². The first-order valence-electron chi connectivity index (χ1n) is 10.6. The maximum Gasteiger partial charge on any atom is 0.302 e. The second-order valence-electron chi connectivity index (χ2n) is 10.2. The molecule has 4 rings (SSSR count). The van der Waals surface area contributed by atoms with Crippen molar-refractivity contribution in [2.75, 3.05) is 0 Å². The number of carbonyl (C=O) groups is 1. The fraction of sp³-hybridized carbons (Fsp3) is 0.870. The predicted octanol–water partition coefficient (Wildman–Crippen LogP) is 4.33. The van der Waals surface area contributed by atoms with Crippen LogP contribution in [0.1, 0.15) is 78.6 Å². The Hall–Kier alpha value is -1.01. The summed E-state index contributed by atoms with van der Waals surface area (Å²) in [5, 5.41) is 11.1. The lowest BCUT2D eigenvalue weighted by molar-refractivity contribution is -0.163. The Kier molecular flexibility index (Phi) is 4.23. The van der Waals surface area contributed by atoms with E-state index < -0.39 is 5.60 Å². The molecule has 0 aromatic rings. The highest BCUT2D eigenvalue weighted by Gasteiger charge is 2.64. The van der Waals surface area contributed by atoms with Gasteiger partial charge in [0, 0.05) is 12.3 Å². The molecule has 0 heterocycles. The normalized spacial score (nSPS) is 53.0. The molecule has 4 aliphatic rings. The number of carbonyl (C=O) groups excluding carboxylic acids is 1. The maximum atomic E-state index is 11.4. The van der Waals surface area contributed by atoms with E-state index in [1.165, 1.54) is 32.6 Å². The van der Waals surface area contributed by atoms with Gasteiger partial charge in [-0.15, -0.1) is 6.42 Å². The summed E-state index contributed by atoms with van der Waals surface area (Å²) >= 11 is 0. The lowest BCUT2D eigenvalue weighted by atomic mass is 9.44. The van der Waals surface area contributed by atoms with E-state index >= 15 is 0 Å². The van der Waals surface area contributed by atoms with Crippen molar-refractivity contribution in [2.24, 2.45) is 34.5 Å². The number of ether oxygens (including phenoxy) is 1. The zero-order valence-electron chi connectivity index (χ0n) is 16.6. The van der Waals surface area contributed by atoms with Gasteiger partial charge in [0.2, 0.25) is 0 Å². The van der Waals surface area contributed by atoms with Gasteiger partial charge in [0.1, 0.15) is 11.7 Å². The molecule has 144 valence electrons. The molecule has 0 aromatic carbocycles. The molecule has 0 aliphatic heterocycles. The minimum Gasteiger partial charge on any atom is -0.463 e. The van der Waals surface area contributed by atoms with Crippen LogP contribution in [0.4, 0.5) is 0 Å². The highest BCUT2D eigenvalue weighted by Crippen LogP contribution is 2.68. The average molecular weight is 359 g/mol. The van der Waals surface area contributed by atoms with Crippen molar-refractivity contribution in [3.05, 3.63) is 0 Å². The third kappa shape index (κ3) is 2.40. The highest BCUT2D eigenvalue weighted by molar-refractivity contribution is 5.66. The molecule has 0 aromatic heterocycles. The first-order valence-corrected chi connectivity index (χ1v) is 10.6. The van der Waals surface area contributed by atoms with Crippen LogP contribution in [-0.4, -0.2) is 22.8 Å². The molecular formula is C23H34O3. The van der Waals surface area contributed by atoms with E-state index in [-0.39, 0.29) is 17.5 Å². The molecule has 26 heavy (non-hydrogen) atoms. The second-order valence-corrected chi connectivity index (χ2v) is 10.2. The molecule has 4 saturated carbocycles. The van der Waals surface area contributed by atoms with Gasteiger partial charge in [0.05, 0.1) is 0 Å². The van der Waals surface area contributed by atoms with Crippen LogP contribution in [0, 0.1) is 46.8 Å².